The van der Waals surface area contributed by atoms with E-state index in [1.165, 1.54) is 19.3 Å². The van der Waals surface area contributed by atoms with E-state index in [2.05, 4.69) is 103 Å². The summed E-state index contributed by atoms with van der Waals surface area (Å²) in [6, 6.07) is 0. The number of rotatable bonds is 32. The van der Waals surface area contributed by atoms with E-state index in [4.69, 9.17) is 19.3 Å². The molecule has 2 N–H and O–H groups in total. The van der Waals surface area contributed by atoms with Crippen molar-refractivity contribution < 1.29 is 37.9 Å². The number of ether oxygens (including phenoxy) is 2. The van der Waals surface area contributed by atoms with Gasteiger partial charge in [0.2, 0.25) is 0 Å². The fraction of sp³-hybridized carbons (Fsp3) is 0.561. The SMILES string of the molecule is CC/C=C\C/C=C\C/C=C\C/C=C\CCCCC(=O)OC[C@H](COP(=O)(O)O)OC(=O)CCC/C=C\C/C=C\C/C=C\C/C=C\CCCCC. The summed E-state index contributed by atoms with van der Waals surface area (Å²) in [4.78, 5) is 42.7. The molecule has 0 saturated carbocycles. The molecule has 0 amide bonds. The van der Waals surface area contributed by atoms with Crippen molar-refractivity contribution in [3.05, 3.63) is 97.2 Å². The Morgan fingerprint density at radius 3 is 1.42 bits per heavy atom. The van der Waals surface area contributed by atoms with Crippen molar-refractivity contribution in [2.75, 3.05) is 13.2 Å². The number of unbranched alkanes of at least 4 members (excludes halogenated alkanes) is 6. The standard InChI is InChI=1S/C41H65O8P/c1-3-5-7-9-11-13-15-17-19-20-22-24-26-28-30-32-34-36-41(43)49-39(38-48-50(44,45)46)37-47-40(42)35-33-31-29-27-25-23-21-18-16-14-12-10-8-6-4-2/h6,8,11-14,17-19,21-22,24-25,27-28,30,39H,3-5,7,9-10,15-16,20,23,26,29,31-38H2,1-2H3,(H2,44,45,46)/b8-6-,13-11-,14-12-,19-17-,21-18-,24-22-,27-25-,30-28-/t39-/m1/s1. The molecule has 0 saturated heterocycles. The van der Waals surface area contributed by atoms with Gasteiger partial charge in [-0.15, -0.1) is 0 Å². The lowest BCUT2D eigenvalue weighted by molar-refractivity contribution is -0.161. The second-order valence-electron chi connectivity index (χ2n) is 11.8. The van der Waals surface area contributed by atoms with Crippen molar-refractivity contribution in [2.24, 2.45) is 0 Å². The third kappa shape index (κ3) is 37.8. The topological polar surface area (TPSA) is 119 Å². The van der Waals surface area contributed by atoms with Gasteiger partial charge < -0.3 is 19.3 Å². The van der Waals surface area contributed by atoms with Crippen LogP contribution in [0.4, 0.5) is 0 Å². The molecule has 1 atom stereocenters. The molecular formula is C41H65O8P. The summed E-state index contributed by atoms with van der Waals surface area (Å²) in [6.45, 7) is 3.43. The first kappa shape index (κ1) is 47.0. The van der Waals surface area contributed by atoms with Crippen LogP contribution >= 0.6 is 7.82 Å². The smallest absolute Gasteiger partial charge is 0.462 e. The lowest BCUT2D eigenvalue weighted by Gasteiger charge is -2.18. The van der Waals surface area contributed by atoms with E-state index in [1.54, 1.807) is 0 Å². The van der Waals surface area contributed by atoms with Crippen molar-refractivity contribution >= 4 is 19.8 Å². The summed E-state index contributed by atoms with van der Waals surface area (Å²) >= 11 is 0. The Balaban J connectivity index is 4.18. The van der Waals surface area contributed by atoms with Crippen LogP contribution in [-0.2, 0) is 28.2 Å². The van der Waals surface area contributed by atoms with Gasteiger partial charge >= 0.3 is 19.8 Å². The minimum atomic E-state index is -4.78. The van der Waals surface area contributed by atoms with Gasteiger partial charge in [0.15, 0.2) is 6.10 Å². The molecule has 0 fully saturated rings. The molecule has 0 radical (unpaired) electrons. The first-order valence-electron chi connectivity index (χ1n) is 18.5. The Morgan fingerprint density at radius 2 is 0.960 bits per heavy atom. The highest BCUT2D eigenvalue weighted by Crippen LogP contribution is 2.35. The molecule has 0 unspecified atom stereocenters. The molecule has 0 rings (SSSR count). The van der Waals surface area contributed by atoms with Gasteiger partial charge in [0.05, 0.1) is 6.61 Å². The first-order chi connectivity index (χ1) is 24.3. The Morgan fingerprint density at radius 1 is 0.540 bits per heavy atom. The zero-order chi connectivity index (χ0) is 36.8. The molecule has 0 bridgehead atoms. The summed E-state index contributed by atoms with van der Waals surface area (Å²) in [5.41, 5.74) is 0. The average Bonchev–Trinajstić information content (AvgIpc) is 3.08. The van der Waals surface area contributed by atoms with Crippen molar-refractivity contribution in [3.63, 3.8) is 0 Å². The van der Waals surface area contributed by atoms with E-state index >= 15 is 0 Å². The minimum Gasteiger partial charge on any atom is -0.462 e. The van der Waals surface area contributed by atoms with Crippen LogP contribution in [0.25, 0.3) is 0 Å². The van der Waals surface area contributed by atoms with Crippen LogP contribution in [0.3, 0.4) is 0 Å². The van der Waals surface area contributed by atoms with Gasteiger partial charge in [-0.05, 0) is 89.9 Å². The number of carbonyl (C=O) groups excluding carboxylic acids is 2. The number of phosphoric acid groups is 1. The second kappa shape index (κ2) is 35.8. The van der Waals surface area contributed by atoms with Crippen LogP contribution < -0.4 is 0 Å². The summed E-state index contributed by atoms with van der Waals surface area (Å²) < 4.78 is 26.2. The van der Waals surface area contributed by atoms with Gasteiger partial charge in [0.1, 0.15) is 6.61 Å². The molecule has 50 heavy (non-hydrogen) atoms. The van der Waals surface area contributed by atoms with Crippen LogP contribution in [0.2, 0.25) is 0 Å². The van der Waals surface area contributed by atoms with Gasteiger partial charge in [-0.2, -0.15) is 0 Å². The van der Waals surface area contributed by atoms with Crippen molar-refractivity contribution in [1.29, 1.82) is 0 Å². The van der Waals surface area contributed by atoms with Crippen LogP contribution in [0, 0.1) is 0 Å². The molecule has 0 aliphatic heterocycles. The van der Waals surface area contributed by atoms with E-state index in [0.717, 1.165) is 64.2 Å². The minimum absolute atomic E-state index is 0.121. The molecule has 0 spiro atoms. The molecule has 282 valence electrons. The summed E-state index contributed by atoms with van der Waals surface area (Å²) in [5.74, 6) is -1.01. The first-order valence-corrected chi connectivity index (χ1v) is 20.1. The Labute approximate surface area is 303 Å². The van der Waals surface area contributed by atoms with Gasteiger partial charge in [-0.3, -0.25) is 14.1 Å². The Bertz CT molecular complexity index is 1120. The predicted octanol–water partition coefficient (Wildman–Crippen LogP) is 11.1. The molecule has 8 nitrogen and oxygen atoms in total. The monoisotopic (exact) mass is 716 g/mol. The number of allylic oxidation sites excluding steroid dienone is 16. The van der Waals surface area contributed by atoms with Crippen molar-refractivity contribution in [2.45, 2.75) is 136 Å². The molecule has 0 heterocycles. The Kier molecular flexibility index (Phi) is 33.6. The van der Waals surface area contributed by atoms with Gasteiger partial charge in [0.25, 0.3) is 0 Å². The zero-order valence-corrected chi connectivity index (χ0v) is 31.6. The maximum absolute atomic E-state index is 12.3. The second-order valence-corrected chi connectivity index (χ2v) is 13.0. The molecule has 0 aromatic carbocycles. The lowest BCUT2D eigenvalue weighted by atomic mass is 10.2. The fourth-order valence-electron chi connectivity index (χ4n) is 4.35. The van der Waals surface area contributed by atoms with E-state index in [1.807, 2.05) is 12.2 Å². The summed E-state index contributed by atoms with van der Waals surface area (Å²) in [5, 5.41) is 0. The van der Waals surface area contributed by atoms with Gasteiger partial charge in [-0.25, -0.2) is 4.57 Å². The predicted molar refractivity (Wildman–Crippen MR) is 206 cm³/mol. The fourth-order valence-corrected chi connectivity index (χ4v) is 4.71. The van der Waals surface area contributed by atoms with E-state index < -0.39 is 32.5 Å². The number of carbonyl (C=O) groups is 2. The highest BCUT2D eigenvalue weighted by Gasteiger charge is 2.22. The Hall–Kier alpha value is -3.03. The normalized spacial score (nSPS) is 13.6. The van der Waals surface area contributed by atoms with Gasteiger partial charge in [-0.1, -0.05) is 124 Å². The van der Waals surface area contributed by atoms with Crippen LogP contribution in [0.1, 0.15) is 129 Å². The van der Waals surface area contributed by atoms with E-state index in [9.17, 15) is 14.2 Å². The zero-order valence-electron chi connectivity index (χ0n) is 30.7. The van der Waals surface area contributed by atoms with Crippen LogP contribution in [-0.4, -0.2) is 41.0 Å². The maximum Gasteiger partial charge on any atom is 0.469 e. The maximum atomic E-state index is 12.3. The number of hydrogen-bond acceptors (Lipinski definition) is 6. The highest BCUT2D eigenvalue weighted by molar-refractivity contribution is 7.46. The molecule has 0 aliphatic carbocycles. The highest BCUT2D eigenvalue weighted by atomic mass is 31.2. The summed E-state index contributed by atoms with van der Waals surface area (Å²) in [7, 11) is -4.78. The molecule has 0 aromatic heterocycles. The van der Waals surface area contributed by atoms with Crippen LogP contribution in [0.5, 0.6) is 0 Å². The van der Waals surface area contributed by atoms with Crippen LogP contribution in [0.15, 0.2) is 97.2 Å². The van der Waals surface area contributed by atoms with E-state index in [-0.39, 0.29) is 19.4 Å². The molecule has 0 aliphatic rings. The lowest BCUT2D eigenvalue weighted by Crippen LogP contribution is -2.29. The molecular weight excluding hydrogens is 651 g/mol. The number of esters is 2. The quantitative estimate of drug-likeness (QED) is 0.0305. The third-order valence-corrected chi connectivity index (χ3v) is 7.57. The largest absolute Gasteiger partial charge is 0.469 e. The summed E-state index contributed by atoms with van der Waals surface area (Å²) in [6.07, 6.45) is 48.5. The number of phosphoric ester groups is 1. The molecule has 9 heteroatoms. The molecule has 0 aromatic rings. The van der Waals surface area contributed by atoms with Gasteiger partial charge in [0, 0.05) is 12.8 Å². The van der Waals surface area contributed by atoms with E-state index in [0.29, 0.717) is 19.3 Å². The van der Waals surface area contributed by atoms with Crippen molar-refractivity contribution in [3.8, 4) is 0 Å². The number of hydrogen-bond donors (Lipinski definition) is 2. The third-order valence-electron chi connectivity index (χ3n) is 7.09. The van der Waals surface area contributed by atoms with Crippen molar-refractivity contribution in [1.82, 2.24) is 0 Å². The average molecular weight is 717 g/mol.